The topological polar surface area (TPSA) is 32.3 Å². The van der Waals surface area contributed by atoms with Gasteiger partial charge in [0, 0.05) is 18.6 Å². The summed E-state index contributed by atoms with van der Waals surface area (Å²) in [5.74, 6) is 0.943. The van der Waals surface area contributed by atoms with E-state index in [1.807, 2.05) is 4.90 Å². The first-order valence-electron chi connectivity index (χ1n) is 7.17. The molecular formula is C15H30N2O. The van der Waals surface area contributed by atoms with Crippen molar-refractivity contribution >= 4 is 5.91 Å². The second-order valence-electron chi connectivity index (χ2n) is 7.29. The van der Waals surface area contributed by atoms with Crippen LogP contribution in [-0.4, -0.2) is 36.0 Å². The molecular weight excluding hydrogens is 224 g/mol. The summed E-state index contributed by atoms with van der Waals surface area (Å²) < 4.78 is 0. The van der Waals surface area contributed by atoms with E-state index in [0.717, 1.165) is 25.9 Å². The number of piperidine rings is 1. The average Bonchev–Trinajstić information content (AvgIpc) is 2.26. The Bertz CT molecular complexity index is 283. The summed E-state index contributed by atoms with van der Waals surface area (Å²) in [6.07, 6.45) is 2.26. The summed E-state index contributed by atoms with van der Waals surface area (Å²) >= 11 is 0. The van der Waals surface area contributed by atoms with E-state index in [-0.39, 0.29) is 11.4 Å². The van der Waals surface area contributed by atoms with Crippen LogP contribution in [0.25, 0.3) is 0 Å². The van der Waals surface area contributed by atoms with Gasteiger partial charge in [0.15, 0.2) is 0 Å². The Morgan fingerprint density at radius 2 is 1.78 bits per heavy atom. The van der Waals surface area contributed by atoms with Crippen LogP contribution in [0.5, 0.6) is 0 Å². The van der Waals surface area contributed by atoms with Crippen molar-refractivity contribution in [2.24, 2.45) is 11.3 Å². The summed E-state index contributed by atoms with van der Waals surface area (Å²) in [5, 5.41) is 3.27. The van der Waals surface area contributed by atoms with Crippen LogP contribution in [0.2, 0.25) is 0 Å². The van der Waals surface area contributed by atoms with Gasteiger partial charge in [0.2, 0.25) is 5.91 Å². The molecule has 0 bridgehead atoms. The van der Waals surface area contributed by atoms with E-state index < -0.39 is 0 Å². The predicted octanol–water partition coefficient (Wildman–Crippen LogP) is 2.66. The van der Waals surface area contributed by atoms with Crippen molar-refractivity contribution in [1.29, 1.82) is 0 Å². The van der Waals surface area contributed by atoms with Crippen LogP contribution in [0, 0.1) is 11.3 Å². The molecule has 0 radical (unpaired) electrons. The van der Waals surface area contributed by atoms with Gasteiger partial charge in [0.1, 0.15) is 0 Å². The van der Waals surface area contributed by atoms with Gasteiger partial charge in [-0.2, -0.15) is 0 Å². The highest BCUT2D eigenvalue weighted by Crippen LogP contribution is 2.37. The van der Waals surface area contributed by atoms with Crippen molar-refractivity contribution in [3.05, 3.63) is 0 Å². The maximum Gasteiger partial charge on any atom is 0.236 e. The van der Waals surface area contributed by atoms with Crippen LogP contribution in [0.15, 0.2) is 0 Å². The summed E-state index contributed by atoms with van der Waals surface area (Å²) in [6, 6.07) is 0. The predicted molar refractivity (Wildman–Crippen MR) is 76.5 cm³/mol. The number of rotatable bonds is 3. The Morgan fingerprint density at radius 1 is 1.28 bits per heavy atom. The van der Waals surface area contributed by atoms with Gasteiger partial charge in [0.25, 0.3) is 0 Å². The fourth-order valence-corrected chi connectivity index (χ4v) is 2.30. The molecule has 18 heavy (non-hydrogen) atoms. The normalized spacial score (nSPS) is 20.3. The molecule has 0 saturated carbocycles. The lowest BCUT2D eigenvalue weighted by Crippen LogP contribution is -2.49. The first kappa shape index (κ1) is 15.5. The highest BCUT2D eigenvalue weighted by Gasteiger charge is 2.34. The van der Waals surface area contributed by atoms with E-state index in [2.05, 4.69) is 46.9 Å². The molecule has 1 fully saturated rings. The van der Waals surface area contributed by atoms with Crippen molar-refractivity contribution in [3.8, 4) is 0 Å². The first-order valence-corrected chi connectivity index (χ1v) is 7.17. The monoisotopic (exact) mass is 254 g/mol. The molecule has 3 nitrogen and oxygen atoms in total. The van der Waals surface area contributed by atoms with E-state index in [4.69, 9.17) is 0 Å². The summed E-state index contributed by atoms with van der Waals surface area (Å²) in [7, 11) is 0. The third-order valence-corrected chi connectivity index (χ3v) is 4.42. The molecule has 3 heteroatoms. The molecule has 1 N–H and O–H groups in total. The lowest BCUT2D eigenvalue weighted by Gasteiger charge is -2.42. The second kappa shape index (κ2) is 5.60. The van der Waals surface area contributed by atoms with Gasteiger partial charge < -0.3 is 10.2 Å². The zero-order valence-electron chi connectivity index (χ0n) is 13.0. The molecule has 1 heterocycles. The SMILES string of the molecule is CC(C)C1(C)CCN(C(=O)CNC(C)(C)C)CC1. The minimum atomic E-state index is 0.0118. The van der Waals surface area contributed by atoms with E-state index in [9.17, 15) is 4.79 Å². The van der Waals surface area contributed by atoms with Crippen LogP contribution in [-0.2, 0) is 4.79 Å². The van der Waals surface area contributed by atoms with Gasteiger partial charge in [-0.15, -0.1) is 0 Å². The van der Waals surface area contributed by atoms with E-state index in [1.54, 1.807) is 0 Å². The highest BCUT2D eigenvalue weighted by atomic mass is 16.2. The van der Waals surface area contributed by atoms with E-state index >= 15 is 0 Å². The lowest BCUT2D eigenvalue weighted by atomic mass is 9.72. The number of carbonyl (C=O) groups excluding carboxylic acids is 1. The number of amides is 1. The number of carbonyl (C=O) groups is 1. The minimum absolute atomic E-state index is 0.0118. The molecule has 0 aromatic carbocycles. The summed E-state index contributed by atoms with van der Waals surface area (Å²) in [4.78, 5) is 14.1. The Balaban J connectivity index is 2.41. The molecule has 0 unspecified atom stereocenters. The third-order valence-electron chi connectivity index (χ3n) is 4.42. The zero-order valence-corrected chi connectivity index (χ0v) is 13.0. The molecule has 1 saturated heterocycles. The standard InChI is InChI=1S/C15H30N2O/c1-12(2)15(6)7-9-17(10-8-15)13(18)11-16-14(3,4)5/h12,16H,7-11H2,1-6H3. The fourth-order valence-electron chi connectivity index (χ4n) is 2.30. The second-order valence-corrected chi connectivity index (χ2v) is 7.29. The van der Waals surface area contributed by atoms with Crippen molar-refractivity contribution in [3.63, 3.8) is 0 Å². The molecule has 106 valence electrons. The number of hydrogen-bond donors (Lipinski definition) is 1. The fraction of sp³-hybridized carbons (Fsp3) is 0.933. The van der Waals surface area contributed by atoms with Gasteiger partial charge >= 0.3 is 0 Å². The van der Waals surface area contributed by atoms with Crippen molar-refractivity contribution < 1.29 is 4.79 Å². The van der Waals surface area contributed by atoms with Crippen LogP contribution < -0.4 is 5.32 Å². The number of nitrogens with one attached hydrogen (secondary N) is 1. The third kappa shape index (κ3) is 4.27. The number of likely N-dealkylation sites (tertiary alicyclic amines) is 1. The molecule has 0 aromatic heterocycles. The smallest absolute Gasteiger partial charge is 0.236 e. The summed E-state index contributed by atoms with van der Waals surface area (Å²) in [5.41, 5.74) is 0.423. The van der Waals surface area contributed by atoms with Gasteiger partial charge in [-0.3, -0.25) is 4.79 Å². The van der Waals surface area contributed by atoms with Gasteiger partial charge in [-0.1, -0.05) is 20.8 Å². The molecule has 1 amide bonds. The Labute approximate surface area is 112 Å². The van der Waals surface area contributed by atoms with Crippen LogP contribution in [0.1, 0.15) is 54.4 Å². The molecule has 0 spiro atoms. The Hall–Kier alpha value is -0.570. The van der Waals surface area contributed by atoms with Crippen molar-refractivity contribution in [2.75, 3.05) is 19.6 Å². The molecule has 1 aliphatic heterocycles. The maximum absolute atomic E-state index is 12.1. The van der Waals surface area contributed by atoms with E-state index in [1.165, 1.54) is 0 Å². The number of nitrogens with zero attached hydrogens (tertiary/aromatic N) is 1. The molecule has 1 rings (SSSR count). The van der Waals surface area contributed by atoms with Gasteiger partial charge in [-0.05, 0) is 44.9 Å². The van der Waals surface area contributed by atoms with Crippen LogP contribution >= 0.6 is 0 Å². The van der Waals surface area contributed by atoms with Crippen molar-refractivity contribution in [2.45, 2.75) is 59.9 Å². The van der Waals surface area contributed by atoms with Gasteiger partial charge in [-0.25, -0.2) is 0 Å². The Kier molecular flexibility index (Phi) is 4.82. The maximum atomic E-state index is 12.1. The van der Waals surface area contributed by atoms with Crippen molar-refractivity contribution in [1.82, 2.24) is 10.2 Å². The average molecular weight is 254 g/mol. The van der Waals surface area contributed by atoms with Gasteiger partial charge in [0.05, 0.1) is 6.54 Å². The summed E-state index contributed by atoms with van der Waals surface area (Å²) in [6.45, 7) is 15.5. The number of hydrogen-bond acceptors (Lipinski definition) is 2. The highest BCUT2D eigenvalue weighted by molar-refractivity contribution is 5.78. The van der Waals surface area contributed by atoms with E-state index in [0.29, 0.717) is 17.9 Å². The molecule has 1 aliphatic rings. The molecule has 0 aliphatic carbocycles. The molecule has 0 atom stereocenters. The largest absolute Gasteiger partial charge is 0.342 e. The van der Waals surface area contributed by atoms with Crippen LogP contribution in [0.3, 0.4) is 0 Å². The van der Waals surface area contributed by atoms with Crippen LogP contribution in [0.4, 0.5) is 0 Å². The quantitative estimate of drug-likeness (QED) is 0.840. The molecule has 0 aromatic rings. The zero-order chi connectivity index (χ0) is 14.0. The Morgan fingerprint density at radius 3 is 2.17 bits per heavy atom. The first-order chi connectivity index (χ1) is 8.14. The minimum Gasteiger partial charge on any atom is -0.342 e. The lowest BCUT2D eigenvalue weighted by molar-refractivity contribution is -0.133.